The van der Waals surface area contributed by atoms with Gasteiger partial charge in [0.15, 0.2) is 19.5 Å². The molecule has 0 aromatic heterocycles. The van der Waals surface area contributed by atoms with E-state index in [2.05, 4.69) is 126 Å². The molecule has 2 rings (SSSR count). The van der Waals surface area contributed by atoms with Crippen molar-refractivity contribution in [3.05, 3.63) is 64.3 Å². The molecule has 43 heavy (non-hydrogen) atoms. The highest BCUT2D eigenvalue weighted by Crippen LogP contribution is 2.40. The smallest absolute Gasteiger partial charge is 0.168 e. The Morgan fingerprint density at radius 3 is 1.88 bits per heavy atom. The van der Waals surface area contributed by atoms with Crippen molar-refractivity contribution >= 4 is 19.5 Å². The van der Waals surface area contributed by atoms with E-state index in [4.69, 9.17) is 13.6 Å². The lowest BCUT2D eigenvalue weighted by molar-refractivity contribution is 0.0246. The molecular formula is C37H64O4Si2. The Bertz CT molecular complexity index is 1140. The summed E-state index contributed by atoms with van der Waals surface area (Å²) in [6.07, 6.45) is 12.1. The van der Waals surface area contributed by atoms with Gasteiger partial charge in [0.05, 0.1) is 16.8 Å². The largest absolute Gasteiger partial charge is 0.489 e. The van der Waals surface area contributed by atoms with Gasteiger partial charge in [0.2, 0.25) is 0 Å². The standard InChI is InChI=1S/C37H64O4Si2/c1-14-28(18-17-23-37(38,15-2)16-3)29-20-19-27(24-29)26-39-30-21-22-31(35(10,11)40-42-33(4,5)6)32(25-30)36(12,13)41-43-34(7,8)9/h18-22,25,38H,14-17,23-24,26,42-43H2,1-13H3. The number of allylic oxidation sites excluding steroid dienone is 5. The van der Waals surface area contributed by atoms with Crippen molar-refractivity contribution in [3.63, 3.8) is 0 Å². The van der Waals surface area contributed by atoms with Crippen LogP contribution in [0.3, 0.4) is 0 Å². The average molecular weight is 629 g/mol. The van der Waals surface area contributed by atoms with E-state index < -0.39 is 36.3 Å². The predicted molar refractivity (Wildman–Crippen MR) is 191 cm³/mol. The third-order valence-corrected chi connectivity index (χ3v) is 12.0. The Morgan fingerprint density at radius 1 is 0.814 bits per heavy atom. The number of ether oxygens (including phenoxy) is 1. The minimum absolute atomic E-state index is 0.204. The zero-order valence-corrected chi connectivity index (χ0v) is 32.8. The first-order valence-corrected chi connectivity index (χ1v) is 19.2. The minimum atomic E-state index is -0.770. The fraction of sp³-hybridized carbons (Fsp3) is 0.676. The van der Waals surface area contributed by atoms with E-state index in [9.17, 15) is 5.11 Å². The summed E-state index contributed by atoms with van der Waals surface area (Å²) in [5, 5.41) is 11.1. The van der Waals surface area contributed by atoms with Gasteiger partial charge >= 0.3 is 0 Å². The van der Waals surface area contributed by atoms with Crippen LogP contribution in [-0.2, 0) is 20.1 Å². The van der Waals surface area contributed by atoms with Gasteiger partial charge < -0.3 is 18.7 Å². The Morgan fingerprint density at radius 2 is 1.37 bits per heavy atom. The summed E-state index contributed by atoms with van der Waals surface area (Å²) < 4.78 is 19.8. The molecule has 4 nitrogen and oxygen atoms in total. The van der Waals surface area contributed by atoms with Crippen molar-refractivity contribution < 1.29 is 18.7 Å². The van der Waals surface area contributed by atoms with Crippen LogP contribution < -0.4 is 4.74 Å². The van der Waals surface area contributed by atoms with Gasteiger partial charge in [-0.15, -0.1) is 0 Å². The Balaban J connectivity index is 2.20. The van der Waals surface area contributed by atoms with E-state index in [0.29, 0.717) is 6.61 Å². The fourth-order valence-corrected chi connectivity index (χ4v) is 7.18. The zero-order valence-electron chi connectivity index (χ0n) is 30.0. The first-order chi connectivity index (χ1) is 19.7. The van der Waals surface area contributed by atoms with Gasteiger partial charge in [-0.3, -0.25) is 0 Å². The highest BCUT2D eigenvalue weighted by Gasteiger charge is 2.34. The van der Waals surface area contributed by atoms with Gasteiger partial charge in [0.25, 0.3) is 0 Å². The summed E-state index contributed by atoms with van der Waals surface area (Å²) in [5.74, 6) is 0.871. The molecule has 1 aliphatic carbocycles. The van der Waals surface area contributed by atoms with Crippen molar-refractivity contribution in [3.8, 4) is 5.75 Å². The molecule has 0 saturated heterocycles. The molecule has 0 heterocycles. The summed E-state index contributed by atoms with van der Waals surface area (Å²) >= 11 is 0. The van der Waals surface area contributed by atoms with Crippen molar-refractivity contribution in [2.24, 2.45) is 0 Å². The lowest BCUT2D eigenvalue weighted by Gasteiger charge is -2.37. The van der Waals surface area contributed by atoms with Crippen molar-refractivity contribution in [1.29, 1.82) is 0 Å². The van der Waals surface area contributed by atoms with E-state index >= 15 is 0 Å². The van der Waals surface area contributed by atoms with Crippen LogP contribution in [0, 0.1) is 0 Å². The molecule has 0 unspecified atom stereocenters. The third kappa shape index (κ3) is 12.1. The van der Waals surface area contributed by atoms with Gasteiger partial charge in [-0.1, -0.05) is 86.6 Å². The Kier molecular flexibility index (Phi) is 13.4. The van der Waals surface area contributed by atoms with Gasteiger partial charge in [0.1, 0.15) is 12.4 Å². The first-order valence-electron chi connectivity index (χ1n) is 16.6. The molecule has 0 aliphatic heterocycles. The normalized spacial score (nSPS) is 16.1. The summed E-state index contributed by atoms with van der Waals surface area (Å²) in [7, 11) is -1.51. The highest BCUT2D eigenvalue weighted by molar-refractivity contribution is 6.32. The fourth-order valence-electron chi connectivity index (χ4n) is 5.28. The molecule has 0 saturated carbocycles. The third-order valence-electron chi connectivity index (χ3n) is 8.49. The average Bonchev–Trinajstić information content (AvgIpc) is 3.40. The van der Waals surface area contributed by atoms with E-state index in [1.54, 1.807) is 0 Å². The SMILES string of the molecule is CCC(=CCCC(O)(CC)CC)C1=CC=C(COc2ccc(C(C)(C)O[SiH2]C(C)(C)C)c(C(C)(C)O[SiH2]C(C)(C)C)c2)C1. The highest BCUT2D eigenvalue weighted by atomic mass is 28.2. The zero-order chi connectivity index (χ0) is 32.7. The van der Waals surface area contributed by atoms with Crippen LogP contribution in [0.25, 0.3) is 0 Å². The van der Waals surface area contributed by atoms with Crippen LogP contribution in [-0.4, -0.2) is 36.8 Å². The molecule has 1 N–H and O–H groups in total. The monoisotopic (exact) mass is 628 g/mol. The molecular weight excluding hydrogens is 565 g/mol. The lowest BCUT2D eigenvalue weighted by Crippen LogP contribution is -2.34. The number of rotatable bonds is 16. The summed E-state index contributed by atoms with van der Waals surface area (Å²) in [4.78, 5) is 0. The van der Waals surface area contributed by atoms with Crippen LogP contribution in [0.15, 0.2) is 53.1 Å². The van der Waals surface area contributed by atoms with Gasteiger partial charge in [-0.2, -0.15) is 0 Å². The van der Waals surface area contributed by atoms with Crippen LogP contribution in [0.5, 0.6) is 5.75 Å². The van der Waals surface area contributed by atoms with Crippen molar-refractivity contribution in [2.75, 3.05) is 6.61 Å². The van der Waals surface area contributed by atoms with Gasteiger partial charge in [0, 0.05) is 0 Å². The predicted octanol–water partition coefficient (Wildman–Crippen LogP) is 9.10. The van der Waals surface area contributed by atoms with Crippen molar-refractivity contribution in [2.45, 2.75) is 155 Å². The van der Waals surface area contributed by atoms with E-state index in [-0.39, 0.29) is 10.1 Å². The quantitative estimate of drug-likeness (QED) is 0.186. The molecule has 0 spiro atoms. The molecule has 0 fully saturated rings. The number of benzene rings is 1. The van der Waals surface area contributed by atoms with Crippen LogP contribution in [0.2, 0.25) is 10.1 Å². The molecule has 0 amide bonds. The maximum Gasteiger partial charge on any atom is 0.168 e. The Hall–Kier alpha value is -1.45. The van der Waals surface area contributed by atoms with Gasteiger partial charge in [-0.05, 0) is 116 Å². The molecule has 1 aromatic carbocycles. The molecule has 1 aromatic rings. The second kappa shape index (κ2) is 15.2. The summed E-state index contributed by atoms with van der Waals surface area (Å²) in [5.41, 5.74) is 4.99. The van der Waals surface area contributed by atoms with Gasteiger partial charge in [-0.25, -0.2) is 0 Å². The lowest BCUT2D eigenvalue weighted by atomic mass is 9.85. The number of aliphatic hydroxyl groups is 1. The maximum absolute atomic E-state index is 10.7. The Labute approximate surface area is 269 Å². The van der Waals surface area contributed by atoms with Crippen LogP contribution in [0.4, 0.5) is 0 Å². The summed E-state index contributed by atoms with van der Waals surface area (Å²) in [6.45, 7) is 29.3. The molecule has 6 heteroatoms. The number of hydrogen-bond acceptors (Lipinski definition) is 4. The number of hydrogen-bond donors (Lipinski definition) is 1. The maximum atomic E-state index is 10.7. The first kappa shape index (κ1) is 37.7. The van der Waals surface area contributed by atoms with Crippen LogP contribution >= 0.6 is 0 Å². The molecule has 244 valence electrons. The van der Waals surface area contributed by atoms with Crippen LogP contribution in [0.1, 0.15) is 140 Å². The second-order valence-corrected chi connectivity index (χ2v) is 21.4. The second-order valence-electron chi connectivity index (χ2n) is 16.0. The van der Waals surface area contributed by atoms with E-state index in [1.807, 2.05) is 0 Å². The molecule has 0 bridgehead atoms. The molecule has 0 radical (unpaired) electrons. The minimum Gasteiger partial charge on any atom is -0.489 e. The molecule has 0 atom stereocenters. The van der Waals surface area contributed by atoms with Crippen molar-refractivity contribution in [1.82, 2.24) is 0 Å². The van der Waals surface area contributed by atoms with E-state index in [1.165, 1.54) is 22.3 Å². The topological polar surface area (TPSA) is 47.9 Å². The molecule has 1 aliphatic rings. The summed E-state index contributed by atoms with van der Waals surface area (Å²) in [6, 6.07) is 6.49. The van der Waals surface area contributed by atoms with E-state index in [0.717, 1.165) is 49.8 Å².